The van der Waals surface area contributed by atoms with Crippen molar-refractivity contribution in [3.05, 3.63) is 88.2 Å². The highest BCUT2D eigenvalue weighted by Gasteiger charge is 2.11. The van der Waals surface area contributed by atoms with Gasteiger partial charge in [0.1, 0.15) is 0 Å². The highest BCUT2D eigenvalue weighted by atomic mass is 35.5. The van der Waals surface area contributed by atoms with Crippen LogP contribution in [0, 0.1) is 13.8 Å². The molecular weight excluding hydrogens is 336 g/mol. The molecule has 24 heavy (non-hydrogen) atoms. The molecule has 1 aromatic heterocycles. The number of hydrogen-bond acceptors (Lipinski definition) is 3. The maximum absolute atomic E-state index is 6.47. The van der Waals surface area contributed by atoms with Gasteiger partial charge in [0.2, 0.25) is 0 Å². The van der Waals surface area contributed by atoms with Gasteiger partial charge in [0.05, 0.1) is 21.8 Å². The monoisotopic (exact) mass is 352 g/mol. The number of halogens is 1. The van der Waals surface area contributed by atoms with Gasteiger partial charge in [-0.2, -0.15) is 0 Å². The Bertz CT molecular complexity index is 888. The van der Waals surface area contributed by atoms with E-state index in [0.717, 1.165) is 38.6 Å². The first-order valence-corrected chi connectivity index (χ1v) is 8.43. The number of nitrogens with one attached hydrogen (secondary N) is 1. The second-order valence-electron chi connectivity index (χ2n) is 5.65. The number of hydrogen-bond donors (Lipinski definition) is 1. The largest absolute Gasteiger partial charge is 0.354 e. The Labute approximate surface area is 152 Å². The number of aromatic nitrogens is 1. The first-order valence-electron chi connectivity index (χ1n) is 7.64. The molecule has 1 heterocycles. The molecule has 0 radical (unpaired) electrons. The fraction of sp³-hybridized carbons (Fsp3) is 0.100. The summed E-state index contributed by atoms with van der Waals surface area (Å²) in [5.41, 5.74) is 5.86. The number of anilines is 2. The average molecular weight is 353 g/mol. The lowest BCUT2D eigenvalue weighted by molar-refractivity contribution is 1.20. The van der Waals surface area contributed by atoms with E-state index in [0.29, 0.717) is 5.02 Å². The quantitative estimate of drug-likeness (QED) is 0.470. The molecule has 0 bridgehead atoms. The number of nitrogens with zero attached hydrogens (tertiary/aromatic N) is 1. The van der Waals surface area contributed by atoms with Crippen molar-refractivity contribution in [2.24, 2.45) is 0 Å². The fourth-order valence-corrected chi connectivity index (χ4v) is 3.20. The predicted octanol–water partition coefficient (Wildman–Crippen LogP) is 5.86. The van der Waals surface area contributed by atoms with Crippen LogP contribution in [-0.4, -0.2) is 9.85 Å². The number of aryl methyl sites for hydroxylation is 2. The fourth-order valence-electron chi connectivity index (χ4n) is 2.46. The van der Waals surface area contributed by atoms with Gasteiger partial charge in [-0.3, -0.25) is 4.98 Å². The summed E-state index contributed by atoms with van der Waals surface area (Å²) in [6.45, 7) is 4.01. The second-order valence-corrected chi connectivity index (χ2v) is 6.47. The SMILES string of the molecule is Cc1ccc(Nc2ccc(C(=S)c3ccccc3C)c(Cl)c2)cn1. The molecule has 3 aromatic rings. The number of rotatable bonds is 4. The lowest BCUT2D eigenvalue weighted by Gasteiger charge is -2.12. The van der Waals surface area contributed by atoms with Crippen LogP contribution < -0.4 is 5.32 Å². The molecule has 3 rings (SSSR count). The number of pyridine rings is 1. The molecule has 0 spiro atoms. The summed E-state index contributed by atoms with van der Waals surface area (Å²) in [6.07, 6.45) is 1.80. The van der Waals surface area contributed by atoms with Gasteiger partial charge in [-0.25, -0.2) is 0 Å². The summed E-state index contributed by atoms with van der Waals surface area (Å²) < 4.78 is 0. The van der Waals surface area contributed by atoms with Crippen LogP contribution in [0.3, 0.4) is 0 Å². The van der Waals surface area contributed by atoms with Gasteiger partial charge in [-0.1, -0.05) is 48.1 Å². The maximum Gasteiger partial charge on any atom is 0.0570 e. The van der Waals surface area contributed by atoms with E-state index < -0.39 is 0 Å². The Kier molecular flexibility index (Phi) is 4.93. The molecule has 2 nitrogen and oxygen atoms in total. The van der Waals surface area contributed by atoms with Gasteiger partial charge in [-0.05, 0) is 55.3 Å². The molecule has 1 N–H and O–H groups in total. The minimum Gasteiger partial charge on any atom is -0.354 e. The third kappa shape index (κ3) is 3.64. The summed E-state index contributed by atoms with van der Waals surface area (Å²) in [4.78, 5) is 5.04. The maximum atomic E-state index is 6.47. The van der Waals surface area contributed by atoms with E-state index in [2.05, 4.69) is 23.3 Å². The minimum absolute atomic E-state index is 0.633. The van der Waals surface area contributed by atoms with E-state index in [-0.39, 0.29) is 0 Å². The van der Waals surface area contributed by atoms with Crippen LogP contribution in [0.1, 0.15) is 22.4 Å². The van der Waals surface area contributed by atoms with Crippen molar-refractivity contribution in [1.82, 2.24) is 4.98 Å². The van der Waals surface area contributed by atoms with Gasteiger partial charge in [-0.15, -0.1) is 0 Å². The lowest BCUT2D eigenvalue weighted by atomic mass is 10.00. The molecule has 120 valence electrons. The molecule has 0 atom stereocenters. The van der Waals surface area contributed by atoms with Gasteiger partial charge < -0.3 is 5.32 Å². The first-order chi connectivity index (χ1) is 11.5. The molecule has 0 aliphatic heterocycles. The van der Waals surface area contributed by atoms with Crippen molar-refractivity contribution in [2.75, 3.05) is 5.32 Å². The molecule has 0 amide bonds. The second kappa shape index (κ2) is 7.12. The molecule has 0 aliphatic carbocycles. The van der Waals surface area contributed by atoms with Crippen LogP contribution in [0.4, 0.5) is 11.4 Å². The van der Waals surface area contributed by atoms with E-state index in [1.54, 1.807) is 6.20 Å². The normalized spacial score (nSPS) is 10.5. The predicted molar refractivity (Wildman–Crippen MR) is 106 cm³/mol. The highest BCUT2D eigenvalue weighted by molar-refractivity contribution is 7.81. The molecule has 0 saturated carbocycles. The third-order valence-corrected chi connectivity index (χ3v) is 4.56. The number of thiocarbonyl (C=S) groups is 1. The summed E-state index contributed by atoms with van der Waals surface area (Å²) in [6, 6.07) is 17.9. The molecule has 0 fully saturated rings. The van der Waals surface area contributed by atoms with Crippen molar-refractivity contribution in [3.8, 4) is 0 Å². The zero-order chi connectivity index (χ0) is 17.1. The van der Waals surface area contributed by atoms with Crippen molar-refractivity contribution in [1.29, 1.82) is 0 Å². The zero-order valence-electron chi connectivity index (χ0n) is 13.5. The minimum atomic E-state index is 0.633. The topological polar surface area (TPSA) is 24.9 Å². The van der Waals surface area contributed by atoms with Crippen LogP contribution in [0.15, 0.2) is 60.8 Å². The van der Waals surface area contributed by atoms with Crippen LogP contribution >= 0.6 is 23.8 Å². The Balaban J connectivity index is 1.86. The third-order valence-electron chi connectivity index (χ3n) is 3.80. The first kappa shape index (κ1) is 16.6. The summed E-state index contributed by atoms with van der Waals surface area (Å²) >= 11 is 12.1. The Morgan fingerprint density at radius 2 is 1.71 bits per heavy atom. The van der Waals surface area contributed by atoms with Crippen molar-refractivity contribution in [2.45, 2.75) is 13.8 Å². The summed E-state index contributed by atoms with van der Waals surface area (Å²) in [7, 11) is 0. The van der Waals surface area contributed by atoms with E-state index in [4.69, 9.17) is 23.8 Å². The van der Waals surface area contributed by atoms with Crippen LogP contribution in [0.25, 0.3) is 0 Å². The zero-order valence-corrected chi connectivity index (χ0v) is 15.1. The van der Waals surface area contributed by atoms with Crippen LogP contribution in [-0.2, 0) is 0 Å². The van der Waals surface area contributed by atoms with Gasteiger partial charge in [0.15, 0.2) is 0 Å². The molecular formula is C20H17ClN2S. The molecule has 4 heteroatoms. The molecule has 0 aliphatic rings. The molecule has 0 saturated heterocycles. The number of benzene rings is 2. The smallest absolute Gasteiger partial charge is 0.0570 e. The Morgan fingerprint density at radius 1 is 0.958 bits per heavy atom. The van der Waals surface area contributed by atoms with Crippen LogP contribution in [0.2, 0.25) is 5.02 Å². The summed E-state index contributed by atoms with van der Waals surface area (Å²) in [5, 5.41) is 3.93. The highest BCUT2D eigenvalue weighted by Crippen LogP contribution is 2.27. The van der Waals surface area contributed by atoms with Crippen LogP contribution in [0.5, 0.6) is 0 Å². The van der Waals surface area contributed by atoms with Crippen molar-refractivity contribution in [3.63, 3.8) is 0 Å². The van der Waals surface area contributed by atoms with Crippen molar-refractivity contribution >= 4 is 40.1 Å². The van der Waals surface area contributed by atoms with Gasteiger partial charge >= 0.3 is 0 Å². The Morgan fingerprint density at radius 3 is 2.38 bits per heavy atom. The lowest BCUT2D eigenvalue weighted by Crippen LogP contribution is -2.03. The van der Waals surface area contributed by atoms with Gasteiger partial charge in [0.25, 0.3) is 0 Å². The van der Waals surface area contributed by atoms with E-state index in [9.17, 15) is 0 Å². The van der Waals surface area contributed by atoms with Crippen molar-refractivity contribution < 1.29 is 0 Å². The summed E-state index contributed by atoms with van der Waals surface area (Å²) in [5.74, 6) is 0. The standard InChI is InChI=1S/C20H17ClN2S/c1-13-5-3-4-6-17(13)20(24)18-10-9-15(11-19(18)21)23-16-8-7-14(2)22-12-16/h3-12,23H,1-2H3. The van der Waals surface area contributed by atoms with E-state index in [1.165, 1.54) is 0 Å². The van der Waals surface area contributed by atoms with E-state index >= 15 is 0 Å². The Hall–Kier alpha value is -2.23. The average Bonchev–Trinajstić information content (AvgIpc) is 2.57. The molecule has 2 aromatic carbocycles. The molecule has 0 unspecified atom stereocenters. The van der Waals surface area contributed by atoms with E-state index in [1.807, 2.05) is 55.5 Å². The van der Waals surface area contributed by atoms with Gasteiger partial charge in [0, 0.05) is 16.9 Å².